The molecular formula is C36H40N4O4. The number of aromatic nitrogens is 4. The molecule has 8 nitrogen and oxygen atoms in total. The number of methoxy groups -OCH3 is 2. The van der Waals surface area contributed by atoms with Gasteiger partial charge < -0.3 is 29.4 Å². The Morgan fingerprint density at radius 3 is 1.73 bits per heavy atom. The third kappa shape index (κ3) is 5.55. The monoisotopic (exact) mass is 592 g/mol. The van der Waals surface area contributed by atoms with Gasteiger partial charge in [-0.15, -0.1) is 0 Å². The van der Waals surface area contributed by atoms with Crippen LogP contribution in [-0.4, -0.2) is 46.1 Å². The molecule has 0 saturated carbocycles. The number of ether oxygens (including phenoxy) is 2. The molecule has 4 aromatic heterocycles. The van der Waals surface area contributed by atoms with Crippen molar-refractivity contribution in [2.75, 3.05) is 14.2 Å². The molecule has 0 saturated heterocycles. The Labute approximate surface area is 256 Å². The number of aromatic amines is 4. The average molecular weight is 593 g/mol. The lowest BCUT2D eigenvalue weighted by atomic mass is 10.0. The number of carbonyl (C=O) groups excluding carboxylic acids is 2. The van der Waals surface area contributed by atoms with Gasteiger partial charge in [0.25, 0.3) is 0 Å². The van der Waals surface area contributed by atoms with Crippen molar-refractivity contribution in [3.8, 4) is 0 Å². The number of esters is 2. The van der Waals surface area contributed by atoms with Crippen LogP contribution in [0.3, 0.4) is 0 Å². The predicted molar refractivity (Wildman–Crippen MR) is 176 cm³/mol. The van der Waals surface area contributed by atoms with Crippen LogP contribution in [0.5, 0.6) is 0 Å². The van der Waals surface area contributed by atoms with Gasteiger partial charge in [-0.3, -0.25) is 9.59 Å². The molecule has 5 rings (SSSR count). The Morgan fingerprint density at radius 1 is 0.591 bits per heavy atom. The van der Waals surface area contributed by atoms with Crippen LogP contribution in [0.2, 0.25) is 0 Å². The minimum absolute atomic E-state index is 0.256. The maximum Gasteiger partial charge on any atom is 0.305 e. The summed E-state index contributed by atoms with van der Waals surface area (Å²) in [5, 5.41) is 3.73. The minimum atomic E-state index is -0.264. The van der Waals surface area contributed by atoms with Crippen LogP contribution in [0, 0.1) is 27.7 Å². The lowest BCUT2D eigenvalue weighted by molar-refractivity contribution is -0.141. The summed E-state index contributed by atoms with van der Waals surface area (Å²) in [6.07, 6.45) is 13.7. The molecule has 44 heavy (non-hydrogen) atoms. The van der Waals surface area contributed by atoms with E-state index in [1.54, 1.807) is 0 Å². The summed E-state index contributed by atoms with van der Waals surface area (Å²) < 4.78 is 9.91. The molecule has 0 unspecified atom stereocenters. The fourth-order valence-electron chi connectivity index (χ4n) is 6.12. The van der Waals surface area contributed by atoms with Crippen LogP contribution in [0.1, 0.15) is 80.1 Å². The summed E-state index contributed by atoms with van der Waals surface area (Å²) in [6, 6.07) is 0. The molecule has 1 aliphatic heterocycles. The van der Waals surface area contributed by atoms with E-state index < -0.39 is 0 Å². The van der Waals surface area contributed by atoms with E-state index in [0.717, 1.165) is 88.7 Å². The molecule has 0 radical (unpaired) electrons. The van der Waals surface area contributed by atoms with Gasteiger partial charge in [-0.2, -0.15) is 0 Å². The van der Waals surface area contributed by atoms with Crippen LogP contribution in [0.25, 0.3) is 36.5 Å². The summed E-state index contributed by atoms with van der Waals surface area (Å²) in [7, 11) is 2.81. The number of H-pyrrole nitrogens is 4. The highest BCUT2D eigenvalue weighted by Gasteiger charge is 2.17. The molecule has 4 aromatic rings. The highest BCUT2D eigenvalue weighted by Crippen LogP contribution is 2.24. The highest BCUT2D eigenvalue weighted by atomic mass is 16.5. The van der Waals surface area contributed by atoms with E-state index in [4.69, 9.17) is 9.47 Å². The Hall–Kier alpha value is -4.98. The van der Waals surface area contributed by atoms with Gasteiger partial charge >= 0.3 is 11.9 Å². The average Bonchev–Trinajstić information content (AvgIpc) is 3.67. The molecule has 0 spiro atoms. The standard InChI is InChI=1S/C36H40N4O4/c1-9-23-19(3)27-15-28-21(5)25(11-13-35(41)43-7)33(39-28)18-34-26(12-14-36(42)44-8)22(6)30(40-34)17-32-24(10-2)20(4)29(38-32)16-31(23)37-27/h9-10,15-18,37-40H,1-2,11-14H2,3-8H3/b27-15-,28-15?,29-16?,30-17-,31-16-,32-17?,33-18?,34-18-. The van der Waals surface area contributed by atoms with E-state index in [2.05, 4.69) is 85.1 Å². The van der Waals surface area contributed by atoms with Crippen LogP contribution < -0.4 is 21.4 Å². The van der Waals surface area contributed by atoms with Gasteiger partial charge in [0.15, 0.2) is 0 Å². The van der Waals surface area contributed by atoms with Gasteiger partial charge in [0, 0.05) is 68.1 Å². The normalized spacial score (nSPS) is 15.0. The van der Waals surface area contributed by atoms with E-state index in [0.29, 0.717) is 12.8 Å². The number of carbonyl (C=O) groups is 2. The third-order valence-corrected chi connectivity index (χ3v) is 8.81. The molecule has 0 aromatic carbocycles. The van der Waals surface area contributed by atoms with Gasteiger partial charge in [-0.25, -0.2) is 0 Å². The zero-order valence-electron chi connectivity index (χ0n) is 26.3. The van der Waals surface area contributed by atoms with E-state index >= 15 is 0 Å². The molecule has 8 heteroatoms. The summed E-state index contributed by atoms with van der Waals surface area (Å²) in [5.41, 5.74) is 12.1. The van der Waals surface area contributed by atoms with Crippen molar-refractivity contribution in [1.82, 2.24) is 19.9 Å². The van der Waals surface area contributed by atoms with E-state index in [-0.39, 0.29) is 24.8 Å². The summed E-state index contributed by atoms with van der Waals surface area (Å²) >= 11 is 0. The fraction of sp³-hybridized carbons (Fsp3) is 0.278. The molecule has 0 atom stereocenters. The Balaban J connectivity index is 1.89. The number of hydrogen-bond donors (Lipinski definition) is 4. The first-order valence-electron chi connectivity index (χ1n) is 14.8. The van der Waals surface area contributed by atoms with E-state index in [1.165, 1.54) is 14.2 Å². The van der Waals surface area contributed by atoms with Crippen molar-refractivity contribution >= 4 is 48.4 Å². The van der Waals surface area contributed by atoms with Crippen LogP contribution in [0.4, 0.5) is 0 Å². The number of fused-ring (bicyclic) bond motifs is 8. The third-order valence-electron chi connectivity index (χ3n) is 8.81. The van der Waals surface area contributed by atoms with Gasteiger partial charge in [0.1, 0.15) is 0 Å². The molecule has 228 valence electrons. The number of rotatable bonds is 8. The smallest absolute Gasteiger partial charge is 0.305 e. The lowest BCUT2D eigenvalue weighted by Gasteiger charge is -2.03. The van der Waals surface area contributed by atoms with Crippen molar-refractivity contribution < 1.29 is 19.1 Å². The van der Waals surface area contributed by atoms with Crippen LogP contribution in [-0.2, 0) is 31.9 Å². The van der Waals surface area contributed by atoms with Gasteiger partial charge in [0.05, 0.1) is 14.2 Å². The highest BCUT2D eigenvalue weighted by molar-refractivity contribution is 5.73. The molecule has 1 aliphatic rings. The Bertz CT molecular complexity index is 2060. The van der Waals surface area contributed by atoms with Crippen LogP contribution >= 0.6 is 0 Å². The van der Waals surface area contributed by atoms with Crippen molar-refractivity contribution in [1.29, 1.82) is 0 Å². The van der Waals surface area contributed by atoms with Crippen molar-refractivity contribution in [2.45, 2.75) is 53.4 Å². The summed E-state index contributed by atoms with van der Waals surface area (Å²) in [6.45, 7) is 16.5. The maximum atomic E-state index is 12.2. The second-order valence-corrected chi connectivity index (χ2v) is 11.2. The zero-order chi connectivity index (χ0) is 31.7. The SMILES string of the molecule is C=Cc1c2[nH]c(c1C)/C=c1\[nH]/c(c(C)c1C=C)=C\c1[nH]c(c(CCC(=O)OC)c1C)/C=c1\[nH]/c(c(C)c1CCC(=O)OC)=C\2. The molecule has 8 bridgehead atoms. The molecule has 5 heterocycles. The molecule has 0 amide bonds. The molecule has 0 fully saturated rings. The first-order valence-corrected chi connectivity index (χ1v) is 14.8. The predicted octanol–water partition coefficient (Wildman–Crippen LogP) is 3.36. The molecule has 0 aliphatic carbocycles. The second kappa shape index (κ2) is 12.3. The van der Waals surface area contributed by atoms with Crippen molar-refractivity contribution in [2.24, 2.45) is 0 Å². The van der Waals surface area contributed by atoms with Crippen LogP contribution in [0.15, 0.2) is 13.2 Å². The van der Waals surface area contributed by atoms with Crippen molar-refractivity contribution in [3.05, 3.63) is 102 Å². The van der Waals surface area contributed by atoms with Gasteiger partial charge in [-0.05, 0) is 98.2 Å². The maximum absolute atomic E-state index is 12.2. The van der Waals surface area contributed by atoms with Gasteiger partial charge in [-0.1, -0.05) is 25.3 Å². The Morgan fingerprint density at radius 2 is 1.09 bits per heavy atom. The van der Waals surface area contributed by atoms with E-state index in [1.807, 2.05) is 12.2 Å². The number of nitrogens with one attached hydrogen (secondary N) is 4. The lowest BCUT2D eigenvalue weighted by Crippen LogP contribution is -2.14. The minimum Gasteiger partial charge on any atom is -0.469 e. The Kier molecular flexibility index (Phi) is 8.54. The number of hydrogen-bond acceptors (Lipinski definition) is 4. The quantitative estimate of drug-likeness (QED) is 0.207. The summed E-state index contributed by atoms with van der Waals surface area (Å²) in [4.78, 5) is 38.8. The first-order chi connectivity index (χ1) is 21.1. The fourth-order valence-corrected chi connectivity index (χ4v) is 6.12. The summed E-state index contributed by atoms with van der Waals surface area (Å²) in [5.74, 6) is -0.526. The van der Waals surface area contributed by atoms with Gasteiger partial charge in [0.2, 0.25) is 0 Å². The van der Waals surface area contributed by atoms with E-state index in [9.17, 15) is 9.59 Å². The topological polar surface area (TPSA) is 116 Å². The molecular weight excluding hydrogens is 552 g/mol. The largest absolute Gasteiger partial charge is 0.469 e. The second-order valence-electron chi connectivity index (χ2n) is 11.2. The van der Waals surface area contributed by atoms with Crippen molar-refractivity contribution in [3.63, 3.8) is 0 Å². The first kappa shape index (κ1) is 30.5. The zero-order valence-corrected chi connectivity index (χ0v) is 26.3. The molecule has 4 N–H and O–H groups in total.